The Hall–Kier alpha value is -0.480. The maximum Gasteiger partial charge on any atom is 0.265 e. The van der Waals surface area contributed by atoms with Crippen molar-refractivity contribution in [3.63, 3.8) is 0 Å². The first-order chi connectivity index (χ1) is 9.03. The van der Waals surface area contributed by atoms with E-state index in [9.17, 15) is 8.42 Å². The molecule has 2 heterocycles. The summed E-state index contributed by atoms with van der Waals surface area (Å²) >= 11 is 5.96. The Kier molecular flexibility index (Phi) is 4.96. The third-order valence-corrected chi connectivity index (χ3v) is 6.61. The largest absolute Gasteiger partial charge is 0.312 e. The highest BCUT2D eigenvalue weighted by molar-refractivity contribution is 9.11. The molecule has 2 N–H and O–H groups in total. The molecule has 19 heavy (non-hydrogen) atoms. The van der Waals surface area contributed by atoms with E-state index in [1.165, 1.54) is 22.7 Å². The molecule has 0 saturated heterocycles. The van der Waals surface area contributed by atoms with Gasteiger partial charge in [-0.2, -0.15) is 0 Å². The lowest BCUT2D eigenvalue weighted by Gasteiger charge is -2.03. The summed E-state index contributed by atoms with van der Waals surface area (Å²) in [6, 6.07) is 1.67. The van der Waals surface area contributed by atoms with Crippen LogP contribution < -0.4 is 10.0 Å². The number of thiophene rings is 1. The van der Waals surface area contributed by atoms with Crippen LogP contribution in [0, 0.1) is 0 Å². The minimum atomic E-state index is -3.58. The molecule has 5 nitrogen and oxygen atoms in total. The molecule has 0 fully saturated rings. The number of nitrogens with one attached hydrogen (secondary N) is 2. The molecule has 0 radical (unpaired) electrons. The highest BCUT2D eigenvalue weighted by atomic mass is 79.9. The van der Waals surface area contributed by atoms with Crippen LogP contribution in [-0.4, -0.2) is 19.9 Å². The maximum absolute atomic E-state index is 12.2. The summed E-state index contributed by atoms with van der Waals surface area (Å²) in [5.41, 5.74) is 0. The standard InChI is InChI=1S/C10H12BrN3O2S3/c1-2-12-6-7-5-8(9(11)18-7)19(15,16)14-10-13-3-4-17-10/h3-5,12H,2,6H2,1H3,(H,13,14). The highest BCUT2D eigenvalue weighted by Gasteiger charge is 2.21. The van der Waals surface area contributed by atoms with E-state index in [1.807, 2.05) is 6.92 Å². The van der Waals surface area contributed by atoms with Crippen molar-refractivity contribution < 1.29 is 8.42 Å². The second-order valence-electron chi connectivity index (χ2n) is 3.57. The molecular weight excluding hydrogens is 370 g/mol. The Morgan fingerprint density at radius 3 is 2.89 bits per heavy atom. The fourth-order valence-electron chi connectivity index (χ4n) is 1.36. The van der Waals surface area contributed by atoms with Gasteiger partial charge in [0.2, 0.25) is 0 Å². The quantitative estimate of drug-likeness (QED) is 0.806. The number of anilines is 1. The average molecular weight is 382 g/mol. The number of sulfonamides is 1. The van der Waals surface area contributed by atoms with Crippen LogP contribution in [0.15, 0.2) is 26.3 Å². The summed E-state index contributed by atoms with van der Waals surface area (Å²) in [4.78, 5) is 5.13. The van der Waals surface area contributed by atoms with Crippen molar-refractivity contribution >= 4 is 53.8 Å². The lowest BCUT2D eigenvalue weighted by Crippen LogP contribution is -2.13. The predicted molar refractivity (Wildman–Crippen MR) is 82.3 cm³/mol. The molecule has 0 atom stereocenters. The molecule has 0 aliphatic carbocycles. The molecule has 0 unspecified atom stereocenters. The molecule has 0 aromatic carbocycles. The van der Waals surface area contributed by atoms with Crippen LogP contribution in [-0.2, 0) is 16.6 Å². The molecule has 2 rings (SSSR count). The van der Waals surface area contributed by atoms with Crippen molar-refractivity contribution in [2.75, 3.05) is 11.3 Å². The van der Waals surface area contributed by atoms with Crippen LogP contribution in [0.25, 0.3) is 0 Å². The van der Waals surface area contributed by atoms with Gasteiger partial charge in [0.25, 0.3) is 10.0 Å². The van der Waals surface area contributed by atoms with Gasteiger partial charge in [0, 0.05) is 23.0 Å². The normalized spacial score (nSPS) is 11.7. The van der Waals surface area contributed by atoms with E-state index < -0.39 is 10.0 Å². The van der Waals surface area contributed by atoms with Gasteiger partial charge in [-0.15, -0.1) is 22.7 Å². The van der Waals surface area contributed by atoms with Crippen molar-refractivity contribution in [2.45, 2.75) is 18.4 Å². The fourth-order valence-corrected chi connectivity index (χ4v) is 5.80. The van der Waals surface area contributed by atoms with Gasteiger partial charge < -0.3 is 5.32 Å². The van der Waals surface area contributed by atoms with Gasteiger partial charge in [-0.05, 0) is 28.5 Å². The lowest BCUT2D eigenvalue weighted by molar-refractivity contribution is 0.601. The fraction of sp³-hybridized carbons (Fsp3) is 0.300. The van der Waals surface area contributed by atoms with E-state index >= 15 is 0 Å². The minimum Gasteiger partial charge on any atom is -0.312 e. The first-order valence-corrected chi connectivity index (χ1v) is 9.41. The molecule has 0 aliphatic heterocycles. The van der Waals surface area contributed by atoms with Crippen LogP contribution in [0.1, 0.15) is 11.8 Å². The molecule has 9 heteroatoms. The van der Waals surface area contributed by atoms with E-state index in [4.69, 9.17) is 0 Å². The highest BCUT2D eigenvalue weighted by Crippen LogP contribution is 2.33. The van der Waals surface area contributed by atoms with Gasteiger partial charge >= 0.3 is 0 Å². The average Bonchev–Trinajstić information content (AvgIpc) is 2.95. The van der Waals surface area contributed by atoms with Gasteiger partial charge in [-0.25, -0.2) is 13.4 Å². The van der Waals surface area contributed by atoms with Crippen molar-refractivity contribution in [3.05, 3.63) is 26.3 Å². The summed E-state index contributed by atoms with van der Waals surface area (Å²) in [5.74, 6) is 0. The second-order valence-corrected chi connectivity index (χ2v) is 8.57. The predicted octanol–water partition coefficient (Wildman–Crippen LogP) is 2.88. The van der Waals surface area contributed by atoms with Crippen molar-refractivity contribution in [2.24, 2.45) is 0 Å². The molecule has 2 aromatic rings. The monoisotopic (exact) mass is 381 g/mol. The maximum atomic E-state index is 12.2. The molecule has 104 valence electrons. The topological polar surface area (TPSA) is 71.1 Å². The van der Waals surface area contributed by atoms with E-state index in [0.29, 0.717) is 15.5 Å². The second kappa shape index (κ2) is 6.31. The number of nitrogens with zero attached hydrogens (tertiary/aromatic N) is 1. The van der Waals surface area contributed by atoms with Gasteiger partial charge in [-0.3, -0.25) is 4.72 Å². The van der Waals surface area contributed by atoms with Crippen LogP contribution >= 0.6 is 38.6 Å². The van der Waals surface area contributed by atoms with Crippen LogP contribution in [0.3, 0.4) is 0 Å². The van der Waals surface area contributed by atoms with E-state index in [-0.39, 0.29) is 4.90 Å². The Bertz CT molecular complexity index is 637. The summed E-state index contributed by atoms with van der Waals surface area (Å²) in [6.07, 6.45) is 1.56. The summed E-state index contributed by atoms with van der Waals surface area (Å²) in [5, 5.41) is 5.25. The van der Waals surface area contributed by atoms with Crippen molar-refractivity contribution in [1.29, 1.82) is 0 Å². The lowest BCUT2D eigenvalue weighted by atomic mass is 10.4. The van der Waals surface area contributed by atoms with Crippen LogP contribution in [0.2, 0.25) is 0 Å². The number of halogens is 1. The number of rotatable bonds is 6. The number of hydrogen-bond acceptors (Lipinski definition) is 6. The molecule has 0 aliphatic rings. The first kappa shape index (κ1) is 14.9. The van der Waals surface area contributed by atoms with Gasteiger partial charge in [-0.1, -0.05) is 6.92 Å². The number of aromatic nitrogens is 1. The third kappa shape index (κ3) is 3.76. The Balaban J connectivity index is 2.22. The molecule has 2 aromatic heterocycles. The molecule has 0 amide bonds. The summed E-state index contributed by atoms with van der Waals surface area (Å²) < 4.78 is 27.5. The summed E-state index contributed by atoms with van der Waals surface area (Å²) in [7, 11) is -3.58. The van der Waals surface area contributed by atoms with Crippen LogP contribution in [0.5, 0.6) is 0 Å². The zero-order valence-electron chi connectivity index (χ0n) is 10.0. The Morgan fingerprint density at radius 1 is 1.47 bits per heavy atom. The molecule has 0 spiro atoms. The first-order valence-electron chi connectivity index (χ1n) is 5.44. The summed E-state index contributed by atoms with van der Waals surface area (Å²) in [6.45, 7) is 3.51. The van der Waals surface area contributed by atoms with Crippen LogP contribution in [0.4, 0.5) is 5.13 Å². The van der Waals surface area contributed by atoms with Gasteiger partial charge in [0.15, 0.2) is 5.13 Å². The smallest absolute Gasteiger partial charge is 0.265 e. The van der Waals surface area contributed by atoms with Gasteiger partial charge in [0.05, 0.1) is 3.79 Å². The molecule has 0 saturated carbocycles. The number of thiazole rings is 1. The molecular formula is C10H12BrN3O2S3. The Morgan fingerprint density at radius 2 is 2.26 bits per heavy atom. The van der Waals surface area contributed by atoms with Gasteiger partial charge in [0.1, 0.15) is 4.90 Å². The zero-order chi connectivity index (χ0) is 13.9. The third-order valence-electron chi connectivity index (χ3n) is 2.20. The number of hydrogen-bond donors (Lipinski definition) is 2. The molecule has 0 bridgehead atoms. The SMILES string of the molecule is CCNCc1cc(S(=O)(=O)Nc2nccs2)c(Br)s1. The Labute approximate surface area is 128 Å². The minimum absolute atomic E-state index is 0.251. The van der Waals surface area contributed by atoms with Crippen molar-refractivity contribution in [3.8, 4) is 0 Å². The zero-order valence-corrected chi connectivity index (χ0v) is 14.0. The van der Waals surface area contributed by atoms with E-state index in [2.05, 4.69) is 31.0 Å². The van der Waals surface area contributed by atoms with E-state index in [1.54, 1.807) is 17.6 Å². The van der Waals surface area contributed by atoms with E-state index in [0.717, 1.165) is 11.4 Å². The van der Waals surface area contributed by atoms with Crippen molar-refractivity contribution in [1.82, 2.24) is 10.3 Å².